The van der Waals surface area contributed by atoms with Crippen LogP contribution in [0.1, 0.15) is 43.7 Å². The van der Waals surface area contributed by atoms with Crippen LogP contribution in [0.5, 0.6) is 5.75 Å². The SMILES string of the molecule is COc1ccc(C(N)C2C3CC4CC(C3)CC2C4)cc1. The normalized spacial score (nSPS) is 39.8. The van der Waals surface area contributed by atoms with E-state index in [0.29, 0.717) is 0 Å². The minimum Gasteiger partial charge on any atom is -0.497 e. The molecule has 0 saturated heterocycles. The molecule has 1 atom stereocenters. The van der Waals surface area contributed by atoms with Crippen LogP contribution in [-0.4, -0.2) is 7.11 Å². The lowest BCUT2D eigenvalue weighted by atomic mass is 9.50. The van der Waals surface area contributed by atoms with Crippen LogP contribution in [0.4, 0.5) is 0 Å². The molecular weight excluding hydrogens is 246 g/mol. The van der Waals surface area contributed by atoms with E-state index in [1.807, 2.05) is 12.1 Å². The van der Waals surface area contributed by atoms with Crippen molar-refractivity contribution in [3.8, 4) is 5.75 Å². The molecule has 2 N–H and O–H groups in total. The number of hydrogen-bond donors (Lipinski definition) is 1. The van der Waals surface area contributed by atoms with E-state index in [-0.39, 0.29) is 6.04 Å². The monoisotopic (exact) mass is 271 g/mol. The number of hydrogen-bond acceptors (Lipinski definition) is 2. The Labute approximate surface area is 121 Å². The van der Waals surface area contributed by atoms with Crippen molar-refractivity contribution in [2.45, 2.75) is 38.1 Å². The quantitative estimate of drug-likeness (QED) is 0.908. The van der Waals surface area contributed by atoms with Gasteiger partial charge in [-0.3, -0.25) is 0 Å². The van der Waals surface area contributed by atoms with Crippen LogP contribution in [0.15, 0.2) is 24.3 Å². The summed E-state index contributed by atoms with van der Waals surface area (Å²) in [5.41, 5.74) is 7.97. The van der Waals surface area contributed by atoms with Crippen LogP contribution in [0.25, 0.3) is 0 Å². The van der Waals surface area contributed by atoms with E-state index in [9.17, 15) is 0 Å². The molecule has 20 heavy (non-hydrogen) atoms. The fraction of sp³-hybridized carbons (Fsp3) is 0.667. The third-order valence-electron chi connectivity index (χ3n) is 6.22. The average Bonchev–Trinajstić information content (AvgIpc) is 2.46. The molecule has 4 aliphatic rings. The van der Waals surface area contributed by atoms with Gasteiger partial charge in [-0.1, -0.05) is 12.1 Å². The van der Waals surface area contributed by atoms with Gasteiger partial charge in [-0.25, -0.2) is 0 Å². The van der Waals surface area contributed by atoms with Crippen LogP contribution >= 0.6 is 0 Å². The summed E-state index contributed by atoms with van der Waals surface area (Å²) in [6.45, 7) is 0. The van der Waals surface area contributed by atoms with Crippen molar-refractivity contribution in [3.05, 3.63) is 29.8 Å². The van der Waals surface area contributed by atoms with Crippen molar-refractivity contribution >= 4 is 0 Å². The summed E-state index contributed by atoms with van der Waals surface area (Å²) in [6.07, 6.45) is 7.30. The fourth-order valence-electron chi connectivity index (χ4n) is 5.60. The van der Waals surface area contributed by atoms with Gasteiger partial charge in [-0.2, -0.15) is 0 Å². The number of rotatable bonds is 3. The van der Waals surface area contributed by atoms with Crippen molar-refractivity contribution in [1.29, 1.82) is 0 Å². The molecule has 2 nitrogen and oxygen atoms in total. The van der Waals surface area contributed by atoms with Crippen LogP contribution in [-0.2, 0) is 0 Å². The van der Waals surface area contributed by atoms with Crippen LogP contribution < -0.4 is 10.5 Å². The summed E-state index contributed by atoms with van der Waals surface area (Å²) >= 11 is 0. The Morgan fingerprint density at radius 2 is 1.50 bits per heavy atom. The summed E-state index contributed by atoms with van der Waals surface area (Å²) < 4.78 is 5.25. The maximum Gasteiger partial charge on any atom is 0.118 e. The lowest BCUT2D eigenvalue weighted by Crippen LogP contribution is -2.48. The molecule has 2 heteroatoms. The van der Waals surface area contributed by atoms with Crippen molar-refractivity contribution in [2.24, 2.45) is 35.3 Å². The molecule has 1 aromatic rings. The number of methoxy groups -OCH3 is 1. The highest BCUT2D eigenvalue weighted by molar-refractivity contribution is 5.29. The van der Waals surface area contributed by atoms with E-state index in [1.165, 1.54) is 37.7 Å². The lowest BCUT2D eigenvalue weighted by molar-refractivity contribution is -0.0471. The lowest BCUT2D eigenvalue weighted by Gasteiger charge is -2.56. The number of nitrogens with two attached hydrogens (primary N) is 1. The van der Waals surface area contributed by atoms with Crippen LogP contribution in [0.3, 0.4) is 0 Å². The van der Waals surface area contributed by atoms with Crippen molar-refractivity contribution in [3.63, 3.8) is 0 Å². The highest BCUT2D eigenvalue weighted by atomic mass is 16.5. The molecule has 4 aliphatic carbocycles. The van der Waals surface area contributed by atoms with Gasteiger partial charge in [0.1, 0.15) is 5.75 Å². The molecule has 4 bridgehead atoms. The maximum absolute atomic E-state index is 6.67. The molecule has 1 aromatic carbocycles. The Hall–Kier alpha value is -1.02. The molecule has 0 amide bonds. The van der Waals surface area contributed by atoms with E-state index >= 15 is 0 Å². The Morgan fingerprint density at radius 3 is 2.00 bits per heavy atom. The second-order valence-corrected chi connectivity index (χ2v) is 7.31. The molecule has 0 aromatic heterocycles. The summed E-state index contributed by atoms with van der Waals surface area (Å²) in [6, 6.07) is 8.63. The zero-order chi connectivity index (χ0) is 13.7. The summed E-state index contributed by atoms with van der Waals surface area (Å²) in [5.74, 6) is 5.47. The smallest absolute Gasteiger partial charge is 0.118 e. The molecule has 4 saturated carbocycles. The molecular formula is C18H25NO. The average molecular weight is 271 g/mol. The minimum atomic E-state index is 0.218. The molecule has 0 radical (unpaired) electrons. The zero-order valence-electron chi connectivity index (χ0n) is 12.3. The maximum atomic E-state index is 6.67. The second-order valence-electron chi connectivity index (χ2n) is 7.31. The van der Waals surface area contributed by atoms with E-state index in [1.54, 1.807) is 7.11 Å². The van der Waals surface area contributed by atoms with Gasteiger partial charge in [0.25, 0.3) is 0 Å². The number of ether oxygens (including phenoxy) is 1. The van der Waals surface area contributed by atoms with Gasteiger partial charge in [0.2, 0.25) is 0 Å². The Morgan fingerprint density at radius 1 is 0.950 bits per heavy atom. The van der Waals surface area contributed by atoms with Gasteiger partial charge in [-0.05, 0) is 79.4 Å². The van der Waals surface area contributed by atoms with Gasteiger partial charge in [0.05, 0.1) is 7.11 Å². The molecule has 4 fully saturated rings. The largest absolute Gasteiger partial charge is 0.497 e. The number of benzene rings is 1. The highest BCUT2D eigenvalue weighted by Crippen LogP contribution is 2.58. The van der Waals surface area contributed by atoms with Gasteiger partial charge in [0.15, 0.2) is 0 Å². The Balaban J connectivity index is 1.57. The molecule has 5 rings (SSSR count). The predicted octanol–water partition coefficient (Wildman–Crippen LogP) is 3.77. The van der Waals surface area contributed by atoms with Crippen molar-refractivity contribution in [2.75, 3.05) is 7.11 Å². The van der Waals surface area contributed by atoms with E-state index in [0.717, 1.165) is 35.3 Å². The third kappa shape index (κ3) is 1.96. The summed E-state index contributed by atoms with van der Waals surface area (Å²) in [4.78, 5) is 0. The topological polar surface area (TPSA) is 35.2 Å². The molecule has 108 valence electrons. The van der Waals surface area contributed by atoms with E-state index in [2.05, 4.69) is 12.1 Å². The molecule has 0 aliphatic heterocycles. The first-order valence-electron chi connectivity index (χ1n) is 8.14. The van der Waals surface area contributed by atoms with Crippen LogP contribution in [0, 0.1) is 29.6 Å². The van der Waals surface area contributed by atoms with E-state index in [4.69, 9.17) is 10.5 Å². The predicted molar refractivity (Wildman–Crippen MR) is 80.5 cm³/mol. The Kier molecular flexibility index (Phi) is 3.03. The standard InChI is InChI=1S/C18H25NO/c1-20-16-4-2-13(3-5-16)18(19)17-14-7-11-6-12(9-14)10-15(17)8-11/h2-5,11-12,14-15,17-18H,6-10,19H2,1H3. The Bertz CT molecular complexity index is 453. The first-order valence-corrected chi connectivity index (χ1v) is 8.14. The minimum absolute atomic E-state index is 0.218. The van der Waals surface area contributed by atoms with Gasteiger partial charge in [0, 0.05) is 6.04 Å². The second kappa shape index (κ2) is 4.77. The highest BCUT2D eigenvalue weighted by Gasteiger charge is 2.49. The van der Waals surface area contributed by atoms with Crippen molar-refractivity contribution < 1.29 is 4.74 Å². The van der Waals surface area contributed by atoms with Gasteiger partial charge in [-0.15, -0.1) is 0 Å². The van der Waals surface area contributed by atoms with Crippen LogP contribution in [0.2, 0.25) is 0 Å². The van der Waals surface area contributed by atoms with Gasteiger partial charge < -0.3 is 10.5 Å². The molecule has 0 spiro atoms. The van der Waals surface area contributed by atoms with Gasteiger partial charge >= 0.3 is 0 Å². The summed E-state index contributed by atoms with van der Waals surface area (Å²) in [7, 11) is 1.72. The molecule has 0 heterocycles. The zero-order valence-corrected chi connectivity index (χ0v) is 12.3. The van der Waals surface area contributed by atoms with E-state index < -0.39 is 0 Å². The molecule has 1 unspecified atom stereocenters. The first-order chi connectivity index (χ1) is 9.74. The first kappa shape index (κ1) is 12.7. The third-order valence-corrected chi connectivity index (χ3v) is 6.22. The summed E-state index contributed by atoms with van der Waals surface area (Å²) in [5, 5.41) is 0. The fourth-order valence-corrected chi connectivity index (χ4v) is 5.60. The van der Waals surface area contributed by atoms with Crippen molar-refractivity contribution in [1.82, 2.24) is 0 Å².